The molecule has 19 heavy (non-hydrogen) atoms. The van der Waals surface area contributed by atoms with E-state index in [1.165, 1.54) is 24.3 Å². The molecule has 1 fully saturated rings. The summed E-state index contributed by atoms with van der Waals surface area (Å²) in [5.41, 5.74) is 0. The third-order valence-electron chi connectivity index (χ3n) is 3.31. The van der Waals surface area contributed by atoms with Gasteiger partial charge < -0.3 is 15.0 Å². The van der Waals surface area contributed by atoms with Crippen molar-refractivity contribution < 1.29 is 13.9 Å². The van der Waals surface area contributed by atoms with Gasteiger partial charge in [0.05, 0.1) is 0 Å². The first-order valence-electron chi connectivity index (χ1n) is 6.50. The van der Waals surface area contributed by atoms with Crippen LogP contribution in [0.5, 0.6) is 5.75 Å². The number of ether oxygens (including phenoxy) is 1. The van der Waals surface area contributed by atoms with E-state index in [1.54, 1.807) is 0 Å². The number of nitrogens with zero attached hydrogens (tertiary/aromatic N) is 1. The monoisotopic (exact) mass is 266 g/mol. The molecule has 1 aliphatic rings. The van der Waals surface area contributed by atoms with Crippen molar-refractivity contribution in [2.24, 2.45) is 5.92 Å². The molecule has 0 aromatic heterocycles. The Balaban J connectivity index is 1.77. The molecule has 1 N–H and O–H groups in total. The average Bonchev–Trinajstić information content (AvgIpc) is 2.87. The second-order valence-corrected chi connectivity index (χ2v) is 4.79. The topological polar surface area (TPSA) is 41.6 Å². The second-order valence-electron chi connectivity index (χ2n) is 4.79. The predicted molar refractivity (Wildman–Crippen MR) is 70.5 cm³/mol. The molecule has 5 heteroatoms. The first-order valence-corrected chi connectivity index (χ1v) is 6.50. The number of carbonyl (C=O) groups excluding carboxylic acids is 1. The van der Waals surface area contributed by atoms with Gasteiger partial charge in [0.1, 0.15) is 11.6 Å². The van der Waals surface area contributed by atoms with Crippen molar-refractivity contribution in [1.29, 1.82) is 0 Å². The zero-order valence-corrected chi connectivity index (χ0v) is 11.1. The molecule has 0 bridgehead atoms. The average molecular weight is 266 g/mol. The van der Waals surface area contributed by atoms with Crippen LogP contribution in [-0.4, -0.2) is 44.1 Å². The second kappa shape index (κ2) is 6.52. The van der Waals surface area contributed by atoms with Crippen molar-refractivity contribution in [1.82, 2.24) is 10.2 Å². The first-order chi connectivity index (χ1) is 9.19. The van der Waals surface area contributed by atoms with Crippen LogP contribution in [0.2, 0.25) is 0 Å². The first kappa shape index (κ1) is 13.8. The Hall–Kier alpha value is -1.62. The normalized spacial score (nSPS) is 18.6. The quantitative estimate of drug-likeness (QED) is 0.872. The fraction of sp³-hybridized carbons (Fsp3) is 0.500. The molecule has 1 aromatic carbocycles. The van der Waals surface area contributed by atoms with Crippen molar-refractivity contribution in [2.75, 3.05) is 33.3 Å². The molecule has 1 amide bonds. The third-order valence-corrected chi connectivity index (χ3v) is 3.31. The molecule has 0 spiro atoms. The lowest BCUT2D eigenvalue weighted by Gasteiger charge is -2.16. The summed E-state index contributed by atoms with van der Waals surface area (Å²) in [6.07, 6.45) is 1.03. The molecule has 0 saturated carbocycles. The molecule has 0 unspecified atom stereocenters. The summed E-state index contributed by atoms with van der Waals surface area (Å²) >= 11 is 0. The van der Waals surface area contributed by atoms with Gasteiger partial charge >= 0.3 is 0 Å². The molecule has 104 valence electrons. The fourth-order valence-electron chi connectivity index (χ4n) is 2.28. The highest BCUT2D eigenvalue weighted by molar-refractivity contribution is 5.78. The largest absolute Gasteiger partial charge is 0.484 e. The van der Waals surface area contributed by atoms with Gasteiger partial charge in [0.15, 0.2) is 6.61 Å². The van der Waals surface area contributed by atoms with Gasteiger partial charge in [-0.2, -0.15) is 0 Å². The Morgan fingerprint density at radius 3 is 2.89 bits per heavy atom. The molecular weight excluding hydrogens is 247 g/mol. The van der Waals surface area contributed by atoms with E-state index in [0.717, 1.165) is 26.1 Å². The Morgan fingerprint density at radius 2 is 2.21 bits per heavy atom. The minimum absolute atomic E-state index is 0.0112. The smallest absolute Gasteiger partial charge is 0.260 e. The van der Waals surface area contributed by atoms with Crippen LogP contribution in [0.1, 0.15) is 6.42 Å². The maximum atomic E-state index is 12.7. The lowest BCUT2D eigenvalue weighted by atomic mass is 10.1. The van der Waals surface area contributed by atoms with Gasteiger partial charge in [0.2, 0.25) is 0 Å². The van der Waals surface area contributed by atoms with E-state index in [9.17, 15) is 9.18 Å². The van der Waals surface area contributed by atoms with Crippen LogP contribution in [0.25, 0.3) is 0 Å². The Bertz CT molecular complexity index is 422. The molecular formula is C14H19FN2O2. The molecule has 1 aromatic rings. The minimum atomic E-state index is -0.312. The van der Waals surface area contributed by atoms with Crippen LogP contribution < -0.4 is 10.1 Å². The van der Waals surface area contributed by atoms with Gasteiger partial charge in [-0.05, 0) is 50.2 Å². The van der Waals surface area contributed by atoms with Crippen molar-refractivity contribution >= 4 is 5.91 Å². The van der Waals surface area contributed by atoms with E-state index >= 15 is 0 Å². The molecule has 1 heterocycles. The molecule has 2 rings (SSSR count). The highest BCUT2D eigenvalue weighted by Crippen LogP contribution is 2.16. The molecule has 0 radical (unpaired) electrons. The Kier molecular flexibility index (Phi) is 4.74. The number of hydrogen-bond donors (Lipinski definition) is 1. The molecule has 4 nitrogen and oxygen atoms in total. The predicted octanol–water partition coefficient (Wildman–Crippen LogP) is 1.27. The van der Waals surface area contributed by atoms with Gasteiger partial charge in [-0.1, -0.05) is 0 Å². The number of carbonyl (C=O) groups is 1. The molecule has 1 atom stereocenters. The van der Waals surface area contributed by atoms with Gasteiger partial charge in [-0.3, -0.25) is 4.79 Å². The highest BCUT2D eigenvalue weighted by atomic mass is 19.1. The van der Waals surface area contributed by atoms with Gasteiger partial charge in [-0.15, -0.1) is 0 Å². The van der Waals surface area contributed by atoms with Gasteiger partial charge in [0, 0.05) is 13.1 Å². The number of likely N-dealkylation sites (tertiary alicyclic amines) is 1. The summed E-state index contributed by atoms with van der Waals surface area (Å²) in [6, 6.07) is 5.68. The number of halogens is 1. The lowest BCUT2D eigenvalue weighted by molar-refractivity contribution is -0.132. The lowest BCUT2D eigenvalue weighted by Crippen LogP contribution is -2.34. The number of amides is 1. The van der Waals surface area contributed by atoms with Crippen LogP contribution in [0, 0.1) is 11.7 Å². The summed E-state index contributed by atoms with van der Waals surface area (Å²) in [5, 5.41) is 3.13. The molecule has 1 aliphatic heterocycles. The Labute approximate surface area is 112 Å². The van der Waals surface area contributed by atoms with Crippen molar-refractivity contribution in [3.63, 3.8) is 0 Å². The van der Waals surface area contributed by atoms with Crippen molar-refractivity contribution in [2.45, 2.75) is 6.42 Å². The zero-order valence-electron chi connectivity index (χ0n) is 11.1. The van der Waals surface area contributed by atoms with Crippen LogP contribution in [0.4, 0.5) is 4.39 Å². The summed E-state index contributed by atoms with van der Waals surface area (Å²) < 4.78 is 18.1. The van der Waals surface area contributed by atoms with Crippen molar-refractivity contribution in [3.05, 3.63) is 30.1 Å². The summed E-state index contributed by atoms with van der Waals surface area (Å²) in [7, 11) is 1.92. The van der Waals surface area contributed by atoms with Crippen LogP contribution in [0.15, 0.2) is 24.3 Å². The maximum absolute atomic E-state index is 12.7. The highest BCUT2D eigenvalue weighted by Gasteiger charge is 2.25. The fourth-order valence-corrected chi connectivity index (χ4v) is 2.28. The standard InChI is InChI=1S/C14H19FN2O2/c1-16-8-11-6-7-17(9-11)14(18)10-19-13-4-2-12(15)3-5-13/h2-5,11,16H,6-10H2,1H3/t11-/m1/s1. The molecule has 0 aliphatic carbocycles. The van der Waals surface area contributed by atoms with E-state index in [-0.39, 0.29) is 18.3 Å². The van der Waals surface area contributed by atoms with Crippen LogP contribution in [0.3, 0.4) is 0 Å². The number of hydrogen-bond acceptors (Lipinski definition) is 3. The summed E-state index contributed by atoms with van der Waals surface area (Å²) in [6.45, 7) is 2.52. The minimum Gasteiger partial charge on any atom is -0.484 e. The third kappa shape index (κ3) is 3.92. The Morgan fingerprint density at radius 1 is 1.47 bits per heavy atom. The zero-order chi connectivity index (χ0) is 13.7. The van der Waals surface area contributed by atoms with E-state index < -0.39 is 0 Å². The number of nitrogens with one attached hydrogen (secondary N) is 1. The van der Waals surface area contributed by atoms with Crippen LogP contribution in [-0.2, 0) is 4.79 Å². The van der Waals surface area contributed by atoms with E-state index in [4.69, 9.17) is 4.74 Å². The summed E-state index contributed by atoms with van der Waals surface area (Å²) in [4.78, 5) is 13.8. The van der Waals surface area contributed by atoms with Gasteiger partial charge in [0.25, 0.3) is 5.91 Å². The molecule has 1 saturated heterocycles. The number of benzene rings is 1. The van der Waals surface area contributed by atoms with E-state index in [1.807, 2.05) is 11.9 Å². The van der Waals surface area contributed by atoms with E-state index in [0.29, 0.717) is 11.7 Å². The van der Waals surface area contributed by atoms with Crippen molar-refractivity contribution in [3.8, 4) is 5.75 Å². The van der Waals surface area contributed by atoms with Crippen LogP contribution >= 0.6 is 0 Å². The van der Waals surface area contributed by atoms with E-state index in [2.05, 4.69) is 5.32 Å². The van der Waals surface area contributed by atoms with Gasteiger partial charge in [-0.25, -0.2) is 4.39 Å². The summed E-state index contributed by atoms with van der Waals surface area (Å²) in [5.74, 6) is 0.719. The maximum Gasteiger partial charge on any atom is 0.260 e. The SMILES string of the molecule is CNC[C@H]1CCN(C(=O)COc2ccc(F)cc2)C1. The number of rotatable bonds is 5.